The second-order valence-electron chi connectivity index (χ2n) is 6.98. The number of alkyl halides is 3. The maximum atomic E-state index is 14.1. The Morgan fingerprint density at radius 2 is 1.86 bits per heavy atom. The van der Waals surface area contributed by atoms with E-state index < -0.39 is 29.4 Å². The Bertz CT molecular complexity index is 1510. The minimum absolute atomic E-state index is 0.0162. The predicted octanol–water partition coefficient (Wildman–Crippen LogP) is 2.15. The first-order valence-electron chi connectivity index (χ1n) is 9.76. The number of ether oxygens (including phenoxy) is 1. The van der Waals surface area contributed by atoms with E-state index in [0.717, 1.165) is 23.4 Å². The Morgan fingerprint density at radius 1 is 1.14 bits per heavy atom. The smallest absolute Gasteiger partial charge is 0.391 e. The van der Waals surface area contributed by atoms with Crippen LogP contribution in [0.1, 0.15) is 27.2 Å². The molecular weight excluding hydrogens is 485 g/mol. The molecule has 4 aromatic rings. The average molecular weight is 498 g/mol. The van der Waals surface area contributed by atoms with Crippen molar-refractivity contribution in [1.29, 1.82) is 5.26 Å². The maximum absolute atomic E-state index is 14.1. The van der Waals surface area contributed by atoms with Crippen molar-refractivity contribution in [2.75, 3.05) is 5.32 Å². The van der Waals surface area contributed by atoms with Crippen molar-refractivity contribution in [3.05, 3.63) is 65.5 Å². The number of hydrogen-bond acceptors (Lipinski definition) is 9. The minimum Gasteiger partial charge on any atom is -0.391 e. The molecule has 4 aromatic heterocycles. The molecule has 13 nitrogen and oxygen atoms in total. The summed E-state index contributed by atoms with van der Waals surface area (Å²) in [7, 11) is 0. The molecule has 2 amide bonds. The lowest BCUT2D eigenvalue weighted by Crippen LogP contribution is -2.22. The fraction of sp³-hybridized carbons (Fsp3) is 0.100. The molecule has 0 saturated heterocycles. The lowest BCUT2D eigenvalue weighted by atomic mass is 10.2. The van der Waals surface area contributed by atoms with Crippen LogP contribution in [0.5, 0.6) is 5.88 Å². The van der Waals surface area contributed by atoms with Crippen LogP contribution in [0.4, 0.5) is 23.7 Å². The molecule has 0 saturated carbocycles. The topological polar surface area (TPSA) is 180 Å². The van der Waals surface area contributed by atoms with Gasteiger partial charge in [-0.1, -0.05) is 0 Å². The monoisotopic (exact) mass is 498 g/mol. The van der Waals surface area contributed by atoms with Gasteiger partial charge < -0.3 is 15.8 Å². The van der Waals surface area contributed by atoms with Gasteiger partial charge in [-0.3, -0.25) is 4.79 Å². The third-order valence-electron chi connectivity index (χ3n) is 4.69. The van der Waals surface area contributed by atoms with Crippen molar-refractivity contribution in [2.24, 2.45) is 5.73 Å². The third kappa shape index (κ3) is 4.52. The molecule has 0 bridgehead atoms. The summed E-state index contributed by atoms with van der Waals surface area (Å²) in [4.78, 5) is 32.7. The van der Waals surface area contributed by atoms with E-state index in [1.54, 1.807) is 0 Å². The van der Waals surface area contributed by atoms with E-state index in [4.69, 9.17) is 10.5 Å². The molecule has 0 spiro atoms. The van der Waals surface area contributed by atoms with E-state index in [1.807, 2.05) is 6.07 Å². The molecular formula is C20H13F3N10O3. The highest BCUT2D eigenvalue weighted by Gasteiger charge is 2.41. The Kier molecular flexibility index (Phi) is 6.04. The highest BCUT2D eigenvalue weighted by atomic mass is 19.4. The van der Waals surface area contributed by atoms with Crippen molar-refractivity contribution >= 4 is 17.7 Å². The molecule has 0 fully saturated rings. The number of nitrogens with two attached hydrogens (primary N) is 1. The van der Waals surface area contributed by atoms with Crippen LogP contribution in [0.25, 0.3) is 11.5 Å². The number of rotatable bonds is 5. The van der Waals surface area contributed by atoms with E-state index >= 15 is 0 Å². The summed E-state index contributed by atoms with van der Waals surface area (Å²) in [5.41, 5.74) is 2.53. The molecule has 16 heteroatoms. The molecule has 0 aliphatic carbocycles. The lowest BCUT2D eigenvalue weighted by Gasteiger charge is -2.15. The van der Waals surface area contributed by atoms with Gasteiger partial charge in [-0.2, -0.15) is 33.7 Å². The van der Waals surface area contributed by atoms with Crippen molar-refractivity contribution in [2.45, 2.75) is 13.1 Å². The van der Waals surface area contributed by atoms with E-state index in [2.05, 4.69) is 30.6 Å². The SMILES string of the molecule is Cc1c(-n2ncc(C(=O)Nc3cnc(-n4nccn4)c(C#N)c3)c2C(F)(F)F)ccnc1OC(N)=O. The molecule has 4 rings (SSSR count). The molecule has 0 aliphatic heterocycles. The zero-order chi connectivity index (χ0) is 26.0. The summed E-state index contributed by atoms with van der Waals surface area (Å²) in [6, 6.07) is 4.26. The summed E-state index contributed by atoms with van der Waals surface area (Å²) in [5.74, 6) is -1.42. The Morgan fingerprint density at radius 3 is 2.50 bits per heavy atom. The number of anilines is 1. The predicted molar refractivity (Wildman–Crippen MR) is 113 cm³/mol. The zero-order valence-corrected chi connectivity index (χ0v) is 18.1. The highest BCUT2D eigenvalue weighted by molar-refractivity contribution is 6.05. The standard InChI is InChI=1S/C20H13F3N10O3/c1-10-14(2-3-26-18(10)36-19(25)35)32-15(20(21,22)23)13(9-30-32)17(34)31-12-6-11(7-24)16(27-8-12)33-28-4-5-29-33/h2-6,8-9H,1H3,(H2,25,35)(H,31,34). The van der Waals surface area contributed by atoms with Crippen LogP contribution in [0.3, 0.4) is 0 Å². The van der Waals surface area contributed by atoms with E-state index in [1.165, 1.54) is 31.5 Å². The van der Waals surface area contributed by atoms with E-state index in [-0.39, 0.29) is 34.2 Å². The summed E-state index contributed by atoms with van der Waals surface area (Å²) in [6.45, 7) is 1.34. The summed E-state index contributed by atoms with van der Waals surface area (Å²) >= 11 is 0. The van der Waals surface area contributed by atoms with Crippen molar-refractivity contribution in [3.8, 4) is 23.5 Å². The zero-order valence-electron chi connectivity index (χ0n) is 18.1. The Balaban J connectivity index is 1.72. The van der Waals surface area contributed by atoms with Gasteiger partial charge in [0.15, 0.2) is 11.5 Å². The van der Waals surface area contributed by atoms with Crippen LogP contribution in [0, 0.1) is 18.3 Å². The first-order valence-corrected chi connectivity index (χ1v) is 9.76. The number of primary amides is 1. The third-order valence-corrected chi connectivity index (χ3v) is 4.69. The van der Waals surface area contributed by atoms with Gasteiger partial charge in [-0.15, -0.1) is 4.80 Å². The van der Waals surface area contributed by atoms with E-state index in [9.17, 15) is 28.0 Å². The second kappa shape index (κ2) is 9.13. The maximum Gasteiger partial charge on any atom is 0.434 e. The van der Waals surface area contributed by atoms with Crippen LogP contribution in [-0.2, 0) is 6.18 Å². The molecule has 3 N–H and O–H groups in total. The molecule has 0 aromatic carbocycles. The normalized spacial score (nSPS) is 11.1. The van der Waals surface area contributed by atoms with Crippen molar-refractivity contribution in [3.63, 3.8) is 0 Å². The number of nitrogens with zero attached hydrogens (tertiary/aromatic N) is 8. The number of pyridine rings is 2. The van der Waals surface area contributed by atoms with Gasteiger partial charge >= 0.3 is 12.3 Å². The molecule has 36 heavy (non-hydrogen) atoms. The van der Waals surface area contributed by atoms with Crippen LogP contribution < -0.4 is 15.8 Å². The molecule has 182 valence electrons. The number of carbonyl (C=O) groups is 2. The van der Waals surface area contributed by atoms with Gasteiger partial charge in [0, 0.05) is 11.8 Å². The number of halogens is 3. The molecule has 0 aliphatic rings. The van der Waals surface area contributed by atoms with Crippen LogP contribution in [0.2, 0.25) is 0 Å². The number of nitriles is 1. The fourth-order valence-corrected chi connectivity index (χ4v) is 3.20. The van der Waals surface area contributed by atoms with Crippen LogP contribution >= 0.6 is 0 Å². The van der Waals surface area contributed by atoms with Gasteiger partial charge in [-0.25, -0.2) is 19.4 Å². The molecule has 0 atom stereocenters. The number of carbonyl (C=O) groups excluding carboxylic acids is 2. The Labute approximate surface area is 198 Å². The van der Waals surface area contributed by atoms with Gasteiger partial charge in [0.1, 0.15) is 11.6 Å². The highest BCUT2D eigenvalue weighted by Crippen LogP contribution is 2.35. The fourth-order valence-electron chi connectivity index (χ4n) is 3.20. The van der Waals surface area contributed by atoms with Crippen molar-refractivity contribution < 1.29 is 27.5 Å². The summed E-state index contributed by atoms with van der Waals surface area (Å²) < 4.78 is 47.4. The van der Waals surface area contributed by atoms with Gasteiger partial charge in [0.05, 0.1) is 41.7 Å². The summed E-state index contributed by atoms with van der Waals surface area (Å²) in [5, 5.41) is 23.1. The largest absolute Gasteiger partial charge is 0.434 e. The lowest BCUT2D eigenvalue weighted by molar-refractivity contribution is -0.143. The Hall–Kier alpha value is -5.33. The quantitative estimate of drug-likeness (QED) is 0.417. The van der Waals surface area contributed by atoms with Gasteiger partial charge in [0.2, 0.25) is 5.88 Å². The first-order chi connectivity index (χ1) is 17.1. The van der Waals surface area contributed by atoms with Crippen LogP contribution in [-0.4, -0.2) is 46.7 Å². The van der Waals surface area contributed by atoms with Crippen LogP contribution in [0.15, 0.2) is 43.1 Å². The average Bonchev–Trinajstić information content (AvgIpc) is 3.50. The number of aromatic nitrogens is 7. The first kappa shape index (κ1) is 23.8. The number of amides is 2. The molecule has 0 radical (unpaired) electrons. The van der Waals surface area contributed by atoms with Gasteiger partial charge in [0.25, 0.3) is 5.91 Å². The molecule has 0 unspecified atom stereocenters. The van der Waals surface area contributed by atoms with Crippen molar-refractivity contribution in [1.82, 2.24) is 34.7 Å². The van der Waals surface area contributed by atoms with Gasteiger partial charge in [-0.05, 0) is 19.1 Å². The summed E-state index contributed by atoms with van der Waals surface area (Å²) in [6.07, 6.45) is -0.546. The number of hydrogen-bond donors (Lipinski definition) is 2. The molecule has 4 heterocycles. The minimum atomic E-state index is -5.02. The van der Waals surface area contributed by atoms with E-state index in [0.29, 0.717) is 4.68 Å². The number of nitrogens with one attached hydrogen (secondary N) is 1. The second-order valence-corrected chi connectivity index (χ2v) is 6.98.